The summed E-state index contributed by atoms with van der Waals surface area (Å²) in [5.74, 6) is 0.542. The van der Waals surface area contributed by atoms with Crippen LogP contribution in [0.5, 0.6) is 5.88 Å². The van der Waals surface area contributed by atoms with Crippen LogP contribution < -0.4 is 10.5 Å². The highest BCUT2D eigenvalue weighted by Gasteiger charge is 2.15. The van der Waals surface area contributed by atoms with Gasteiger partial charge in [0.25, 0.3) is 0 Å². The number of carbonyl (C=O) groups excluding carboxylic acids is 1. The smallest absolute Gasteiger partial charge is 0.405 e. The summed E-state index contributed by atoms with van der Waals surface area (Å²) >= 11 is 0. The molecule has 0 radical (unpaired) electrons. The fraction of sp³-hybridized carbons (Fsp3) is 0.231. The monoisotopic (exact) mass is 246 g/mol. The van der Waals surface area contributed by atoms with Gasteiger partial charge in [0.1, 0.15) is 6.10 Å². The molecule has 1 atom stereocenters. The molecule has 2 N–H and O–H groups in total. The molecule has 18 heavy (non-hydrogen) atoms. The molecule has 0 saturated carbocycles. The van der Waals surface area contributed by atoms with Crippen molar-refractivity contribution in [3.05, 3.63) is 36.0 Å². The summed E-state index contributed by atoms with van der Waals surface area (Å²) in [5.41, 5.74) is 5.82. The zero-order valence-corrected chi connectivity index (χ0v) is 10.2. The standard InChI is InChI=1S/C13H14N2O3/c1-8(18-13(14)16)11-7-15-12(17-2)10-6-4-3-5-9(10)11/h3-8H,1-2H3,(H2,14,16). The molecule has 0 aliphatic carbocycles. The minimum atomic E-state index is -0.803. The van der Waals surface area contributed by atoms with E-state index in [1.807, 2.05) is 24.3 Å². The van der Waals surface area contributed by atoms with Crippen molar-refractivity contribution in [2.75, 3.05) is 7.11 Å². The highest BCUT2D eigenvalue weighted by Crippen LogP contribution is 2.30. The average molecular weight is 246 g/mol. The van der Waals surface area contributed by atoms with E-state index in [2.05, 4.69) is 4.98 Å². The fourth-order valence-electron chi connectivity index (χ4n) is 1.91. The second-order valence-corrected chi connectivity index (χ2v) is 3.85. The van der Waals surface area contributed by atoms with E-state index in [0.717, 1.165) is 16.3 Å². The SMILES string of the molecule is COc1ncc(C(C)OC(N)=O)c2ccccc12. The van der Waals surface area contributed by atoms with E-state index >= 15 is 0 Å². The first-order valence-corrected chi connectivity index (χ1v) is 5.51. The molecule has 0 bridgehead atoms. The van der Waals surface area contributed by atoms with Crippen LogP contribution in [-0.4, -0.2) is 18.2 Å². The predicted molar refractivity (Wildman–Crippen MR) is 67.4 cm³/mol. The fourth-order valence-corrected chi connectivity index (χ4v) is 1.91. The zero-order chi connectivity index (χ0) is 13.1. The maximum absolute atomic E-state index is 10.8. The highest BCUT2D eigenvalue weighted by molar-refractivity contribution is 5.89. The Bertz CT molecular complexity index is 583. The summed E-state index contributed by atoms with van der Waals surface area (Å²) in [7, 11) is 1.57. The van der Waals surface area contributed by atoms with Crippen molar-refractivity contribution in [2.45, 2.75) is 13.0 Å². The highest BCUT2D eigenvalue weighted by atomic mass is 16.6. The Morgan fingerprint density at radius 1 is 1.33 bits per heavy atom. The van der Waals surface area contributed by atoms with Crippen LogP contribution in [0.2, 0.25) is 0 Å². The topological polar surface area (TPSA) is 74.4 Å². The molecule has 2 rings (SSSR count). The van der Waals surface area contributed by atoms with Crippen molar-refractivity contribution in [3.8, 4) is 5.88 Å². The number of rotatable bonds is 3. The molecule has 1 unspecified atom stereocenters. The van der Waals surface area contributed by atoms with E-state index in [1.54, 1.807) is 20.2 Å². The quantitative estimate of drug-likeness (QED) is 0.902. The first-order valence-electron chi connectivity index (χ1n) is 5.51. The third-order valence-electron chi connectivity index (χ3n) is 2.71. The van der Waals surface area contributed by atoms with Crippen LogP contribution in [0, 0.1) is 0 Å². The van der Waals surface area contributed by atoms with Crippen LogP contribution in [0.15, 0.2) is 30.5 Å². The normalized spacial score (nSPS) is 12.1. The lowest BCUT2D eigenvalue weighted by atomic mass is 10.0. The van der Waals surface area contributed by atoms with Gasteiger partial charge in [-0.05, 0) is 18.4 Å². The second-order valence-electron chi connectivity index (χ2n) is 3.85. The number of pyridine rings is 1. The van der Waals surface area contributed by atoms with Crippen molar-refractivity contribution in [1.82, 2.24) is 4.98 Å². The Labute approximate surface area is 105 Å². The molecule has 0 aliphatic heterocycles. The van der Waals surface area contributed by atoms with Gasteiger partial charge in [0.2, 0.25) is 5.88 Å². The van der Waals surface area contributed by atoms with E-state index in [4.69, 9.17) is 15.2 Å². The molecule has 0 fully saturated rings. The van der Waals surface area contributed by atoms with Gasteiger partial charge in [-0.25, -0.2) is 9.78 Å². The maximum Gasteiger partial charge on any atom is 0.405 e. The van der Waals surface area contributed by atoms with Crippen molar-refractivity contribution < 1.29 is 14.3 Å². The van der Waals surface area contributed by atoms with Gasteiger partial charge in [-0.2, -0.15) is 0 Å². The first-order chi connectivity index (χ1) is 8.63. The molecule has 94 valence electrons. The lowest BCUT2D eigenvalue weighted by Gasteiger charge is -2.15. The number of amides is 1. The molecule has 0 aliphatic rings. The van der Waals surface area contributed by atoms with E-state index in [-0.39, 0.29) is 0 Å². The Morgan fingerprint density at radius 3 is 2.61 bits per heavy atom. The Balaban J connectivity index is 2.55. The second kappa shape index (κ2) is 4.91. The van der Waals surface area contributed by atoms with Gasteiger partial charge in [-0.3, -0.25) is 0 Å². The molecular weight excluding hydrogens is 232 g/mol. The van der Waals surface area contributed by atoms with Gasteiger partial charge in [0.05, 0.1) is 7.11 Å². The molecule has 5 heteroatoms. The number of nitrogens with two attached hydrogens (primary N) is 1. The molecular formula is C13H14N2O3. The van der Waals surface area contributed by atoms with Crippen LogP contribution in [0.25, 0.3) is 10.8 Å². The summed E-state index contributed by atoms with van der Waals surface area (Å²) in [6.45, 7) is 1.75. The number of hydrogen-bond donors (Lipinski definition) is 1. The molecule has 0 spiro atoms. The average Bonchev–Trinajstić information content (AvgIpc) is 2.36. The van der Waals surface area contributed by atoms with Gasteiger partial charge in [0.15, 0.2) is 0 Å². The molecule has 2 aromatic rings. The van der Waals surface area contributed by atoms with Crippen molar-refractivity contribution in [1.29, 1.82) is 0 Å². The van der Waals surface area contributed by atoms with Gasteiger partial charge in [-0.15, -0.1) is 0 Å². The van der Waals surface area contributed by atoms with Crippen LogP contribution in [0.1, 0.15) is 18.6 Å². The number of ether oxygens (including phenoxy) is 2. The third-order valence-corrected chi connectivity index (χ3v) is 2.71. The summed E-state index contributed by atoms with van der Waals surface area (Å²) in [6, 6.07) is 7.63. The minimum Gasteiger partial charge on any atom is -0.481 e. The number of primary amides is 1. The van der Waals surface area contributed by atoms with Gasteiger partial charge >= 0.3 is 6.09 Å². The molecule has 5 nitrogen and oxygen atoms in total. The predicted octanol–water partition coefficient (Wildman–Crippen LogP) is 2.40. The van der Waals surface area contributed by atoms with E-state index in [9.17, 15) is 4.79 Å². The number of benzene rings is 1. The molecule has 1 amide bonds. The Hall–Kier alpha value is -2.30. The number of hydrogen-bond acceptors (Lipinski definition) is 4. The largest absolute Gasteiger partial charge is 0.481 e. The Morgan fingerprint density at radius 2 is 2.00 bits per heavy atom. The van der Waals surface area contributed by atoms with E-state index in [0.29, 0.717) is 5.88 Å². The van der Waals surface area contributed by atoms with Crippen molar-refractivity contribution in [2.24, 2.45) is 5.73 Å². The molecule has 1 aromatic carbocycles. The van der Waals surface area contributed by atoms with Crippen LogP contribution in [0.3, 0.4) is 0 Å². The summed E-state index contributed by atoms with van der Waals surface area (Å²) < 4.78 is 10.2. The summed E-state index contributed by atoms with van der Waals surface area (Å²) in [4.78, 5) is 15.0. The molecule has 1 aromatic heterocycles. The lowest BCUT2D eigenvalue weighted by molar-refractivity contribution is 0.117. The lowest BCUT2D eigenvalue weighted by Crippen LogP contribution is -2.16. The Kier molecular flexibility index (Phi) is 3.32. The minimum absolute atomic E-state index is 0.453. The van der Waals surface area contributed by atoms with Crippen molar-refractivity contribution >= 4 is 16.9 Å². The maximum atomic E-state index is 10.8. The number of fused-ring (bicyclic) bond motifs is 1. The van der Waals surface area contributed by atoms with E-state index < -0.39 is 12.2 Å². The van der Waals surface area contributed by atoms with E-state index in [1.165, 1.54) is 0 Å². The summed E-state index contributed by atoms with van der Waals surface area (Å²) in [6.07, 6.45) is 0.377. The third kappa shape index (κ3) is 2.20. The number of carbonyl (C=O) groups is 1. The van der Waals surface area contributed by atoms with Crippen LogP contribution >= 0.6 is 0 Å². The number of nitrogens with zero attached hydrogens (tertiary/aromatic N) is 1. The summed E-state index contributed by atoms with van der Waals surface area (Å²) in [5, 5.41) is 1.80. The van der Waals surface area contributed by atoms with Crippen molar-refractivity contribution in [3.63, 3.8) is 0 Å². The molecule has 1 heterocycles. The van der Waals surface area contributed by atoms with Crippen LogP contribution in [-0.2, 0) is 4.74 Å². The zero-order valence-electron chi connectivity index (χ0n) is 10.2. The van der Waals surface area contributed by atoms with Gasteiger partial charge in [-0.1, -0.05) is 18.2 Å². The van der Waals surface area contributed by atoms with Gasteiger partial charge in [0, 0.05) is 17.1 Å². The number of aromatic nitrogens is 1. The van der Waals surface area contributed by atoms with Crippen LogP contribution in [0.4, 0.5) is 4.79 Å². The van der Waals surface area contributed by atoms with Gasteiger partial charge < -0.3 is 15.2 Å². The number of methoxy groups -OCH3 is 1. The molecule has 0 saturated heterocycles. The first kappa shape index (κ1) is 12.2.